The lowest BCUT2D eigenvalue weighted by Gasteiger charge is -2.25. The quantitative estimate of drug-likeness (QED) is 0.624. The summed E-state index contributed by atoms with van der Waals surface area (Å²) in [6, 6.07) is 8.29. The zero-order valence-electron chi connectivity index (χ0n) is 17.4. The standard InChI is InChI=1S/C23H28N4O2S/c1-28-17-7-5-16(6-8-17)9-10-24-22-21-18-3-2-4-19(18)30-23(21)26-20(25-22)15-27-11-13-29-14-12-27/h5-8H,2-4,9-15H2,1H3,(H,24,25,26). The van der Waals surface area contributed by atoms with Crippen molar-refractivity contribution in [1.29, 1.82) is 0 Å². The van der Waals surface area contributed by atoms with E-state index in [1.807, 2.05) is 23.5 Å². The van der Waals surface area contributed by atoms with E-state index in [0.717, 1.165) is 74.5 Å². The fourth-order valence-electron chi connectivity index (χ4n) is 4.32. The summed E-state index contributed by atoms with van der Waals surface area (Å²) < 4.78 is 10.7. The van der Waals surface area contributed by atoms with Crippen molar-refractivity contribution in [2.45, 2.75) is 32.2 Å². The van der Waals surface area contributed by atoms with Crippen molar-refractivity contribution in [3.8, 4) is 5.75 Å². The summed E-state index contributed by atoms with van der Waals surface area (Å²) in [6.45, 7) is 5.12. The molecule has 1 aromatic carbocycles. The highest BCUT2D eigenvalue weighted by atomic mass is 32.1. The van der Waals surface area contributed by atoms with E-state index < -0.39 is 0 Å². The molecule has 7 heteroatoms. The first-order valence-electron chi connectivity index (χ1n) is 10.8. The van der Waals surface area contributed by atoms with Gasteiger partial charge in [0.1, 0.15) is 22.2 Å². The predicted molar refractivity (Wildman–Crippen MR) is 121 cm³/mol. The predicted octanol–water partition coefficient (Wildman–Crippen LogP) is 3.68. The Morgan fingerprint density at radius 1 is 1.13 bits per heavy atom. The van der Waals surface area contributed by atoms with E-state index in [4.69, 9.17) is 19.4 Å². The van der Waals surface area contributed by atoms with Gasteiger partial charge in [-0.1, -0.05) is 12.1 Å². The van der Waals surface area contributed by atoms with E-state index in [9.17, 15) is 0 Å². The topological polar surface area (TPSA) is 59.5 Å². The molecule has 1 fully saturated rings. The third kappa shape index (κ3) is 4.15. The number of hydrogen-bond donors (Lipinski definition) is 1. The molecule has 6 nitrogen and oxygen atoms in total. The monoisotopic (exact) mass is 424 g/mol. The summed E-state index contributed by atoms with van der Waals surface area (Å²) in [5.41, 5.74) is 2.76. The number of thiophene rings is 1. The lowest BCUT2D eigenvalue weighted by atomic mass is 10.1. The average molecular weight is 425 g/mol. The molecule has 0 amide bonds. The zero-order chi connectivity index (χ0) is 20.3. The molecule has 0 unspecified atom stereocenters. The molecule has 0 radical (unpaired) electrons. The number of nitrogens with one attached hydrogen (secondary N) is 1. The summed E-state index contributed by atoms with van der Waals surface area (Å²) >= 11 is 1.86. The minimum absolute atomic E-state index is 0.787. The summed E-state index contributed by atoms with van der Waals surface area (Å²) in [6.07, 6.45) is 4.52. The van der Waals surface area contributed by atoms with Gasteiger partial charge in [0.2, 0.25) is 0 Å². The Hall–Kier alpha value is -2.22. The van der Waals surface area contributed by atoms with Crippen LogP contribution in [0.15, 0.2) is 24.3 Å². The second-order valence-electron chi connectivity index (χ2n) is 7.94. The summed E-state index contributed by atoms with van der Waals surface area (Å²) in [5, 5.41) is 4.90. The van der Waals surface area contributed by atoms with Crippen LogP contribution in [0.3, 0.4) is 0 Å². The lowest BCUT2D eigenvalue weighted by molar-refractivity contribution is 0.0331. The molecule has 2 aromatic heterocycles. The summed E-state index contributed by atoms with van der Waals surface area (Å²) in [4.78, 5) is 15.0. The van der Waals surface area contributed by atoms with Crippen LogP contribution >= 0.6 is 11.3 Å². The number of aryl methyl sites for hydroxylation is 2. The molecule has 2 aliphatic rings. The highest BCUT2D eigenvalue weighted by molar-refractivity contribution is 7.19. The molecule has 1 N–H and O–H groups in total. The molecule has 1 saturated heterocycles. The molecule has 1 aliphatic heterocycles. The SMILES string of the molecule is COc1ccc(CCNc2nc(CN3CCOCC3)nc3sc4c(c23)CCC4)cc1. The van der Waals surface area contributed by atoms with Gasteiger partial charge in [0, 0.05) is 24.5 Å². The number of fused-ring (bicyclic) bond motifs is 3. The molecule has 1 aliphatic carbocycles. The van der Waals surface area contributed by atoms with Crippen LogP contribution < -0.4 is 10.1 Å². The third-order valence-corrected chi connectivity index (χ3v) is 7.13. The summed E-state index contributed by atoms with van der Waals surface area (Å²) in [7, 11) is 1.70. The normalized spacial score (nSPS) is 16.7. The molecule has 0 spiro atoms. The maximum Gasteiger partial charge on any atom is 0.146 e. The van der Waals surface area contributed by atoms with Crippen LogP contribution in [0.4, 0.5) is 5.82 Å². The number of hydrogen-bond acceptors (Lipinski definition) is 7. The maximum atomic E-state index is 5.48. The fraction of sp³-hybridized carbons (Fsp3) is 0.478. The van der Waals surface area contributed by atoms with E-state index >= 15 is 0 Å². The Morgan fingerprint density at radius 2 is 1.97 bits per heavy atom. The van der Waals surface area contributed by atoms with Crippen LogP contribution in [-0.2, 0) is 30.5 Å². The second kappa shape index (κ2) is 8.88. The fourth-order valence-corrected chi connectivity index (χ4v) is 5.60. The Kier molecular flexibility index (Phi) is 5.84. The number of aromatic nitrogens is 2. The number of ether oxygens (including phenoxy) is 2. The van der Waals surface area contributed by atoms with Crippen LogP contribution in [0.2, 0.25) is 0 Å². The van der Waals surface area contributed by atoms with Gasteiger partial charge in [-0.15, -0.1) is 11.3 Å². The van der Waals surface area contributed by atoms with Crippen LogP contribution in [0, 0.1) is 0 Å². The zero-order valence-corrected chi connectivity index (χ0v) is 18.3. The Labute approximate surface area is 181 Å². The van der Waals surface area contributed by atoms with Crippen molar-refractivity contribution in [2.24, 2.45) is 0 Å². The van der Waals surface area contributed by atoms with Gasteiger partial charge in [-0.3, -0.25) is 4.90 Å². The molecule has 0 atom stereocenters. The Balaban J connectivity index is 1.36. The highest BCUT2D eigenvalue weighted by Gasteiger charge is 2.23. The first-order valence-corrected chi connectivity index (χ1v) is 11.6. The minimum atomic E-state index is 0.787. The van der Waals surface area contributed by atoms with Crippen molar-refractivity contribution >= 4 is 27.4 Å². The molecule has 3 aromatic rings. The number of nitrogens with zero attached hydrogens (tertiary/aromatic N) is 3. The van der Waals surface area contributed by atoms with Crippen LogP contribution in [-0.4, -0.2) is 54.8 Å². The molecule has 5 rings (SSSR count). The van der Waals surface area contributed by atoms with Crippen LogP contribution in [0.25, 0.3) is 10.2 Å². The average Bonchev–Trinajstić information content (AvgIpc) is 3.36. The molecule has 158 valence electrons. The first kappa shape index (κ1) is 19.7. The van der Waals surface area contributed by atoms with E-state index in [1.165, 1.54) is 34.2 Å². The minimum Gasteiger partial charge on any atom is -0.497 e. The van der Waals surface area contributed by atoms with E-state index in [0.29, 0.717) is 0 Å². The maximum absolute atomic E-state index is 5.48. The van der Waals surface area contributed by atoms with E-state index in [2.05, 4.69) is 22.3 Å². The number of benzene rings is 1. The number of rotatable bonds is 7. The van der Waals surface area contributed by atoms with Gasteiger partial charge >= 0.3 is 0 Å². The molecular formula is C23H28N4O2S. The van der Waals surface area contributed by atoms with Gasteiger partial charge in [-0.2, -0.15) is 0 Å². The van der Waals surface area contributed by atoms with Gasteiger partial charge in [0.05, 0.1) is 32.3 Å². The van der Waals surface area contributed by atoms with Crippen molar-refractivity contribution < 1.29 is 9.47 Å². The van der Waals surface area contributed by atoms with Gasteiger partial charge in [0.25, 0.3) is 0 Å². The molecule has 0 saturated carbocycles. The third-order valence-electron chi connectivity index (χ3n) is 5.94. The Morgan fingerprint density at radius 3 is 2.77 bits per heavy atom. The molecule has 30 heavy (non-hydrogen) atoms. The van der Waals surface area contributed by atoms with Crippen molar-refractivity contribution in [2.75, 3.05) is 45.3 Å². The van der Waals surface area contributed by atoms with Crippen LogP contribution in [0.5, 0.6) is 5.75 Å². The van der Waals surface area contributed by atoms with Gasteiger partial charge in [0.15, 0.2) is 0 Å². The smallest absolute Gasteiger partial charge is 0.146 e. The van der Waals surface area contributed by atoms with E-state index in [-0.39, 0.29) is 0 Å². The van der Waals surface area contributed by atoms with E-state index in [1.54, 1.807) is 7.11 Å². The number of anilines is 1. The van der Waals surface area contributed by atoms with Crippen molar-refractivity contribution in [1.82, 2.24) is 14.9 Å². The lowest BCUT2D eigenvalue weighted by Crippen LogP contribution is -2.36. The molecule has 3 heterocycles. The Bertz CT molecular complexity index is 1010. The largest absolute Gasteiger partial charge is 0.497 e. The molecular weight excluding hydrogens is 396 g/mol. The van der Waals surface area contributed by atoms with Gasteiger partial charge in [-0.25, -0.2) is 9.97 Å². The van der Waals surface area contributed by atoms with Gasteiger partial charge < -0.3 is 14.8 Å². The van der Waals surface area contributed by atoms with Gasteiger partial charge in [-0.05, 0) is 48.9 Å². The summed E-state index contributed by atoms with van der Waals surface area (Å²) in [5.74, 6) is 2.82. The first-order chi connectivity index (χ1) is 14.8. The van der Waals surface area contributed by atoms with Crippen molar-refractivity contribution in [3.63, 3.8) is 0 Å². The molecule has 0 bridgehead atoms. The highest BCUT2D eigenvalue weighted by Crippen LogP contribution is 2.39. The number of methoxy groups -OCH3 is 1. The van der Waals surface area contributed by atoms with Crippen LogP contribution in [0.1, 0.15) is 28.2 Å². The van der Waals surface area contributed by atoms with Crippen molar-refractivity contribution in [3.05, 3.63) is 46.1 Å². The number of morpholine rings is 1. The second-order valence-corrected chi connectivity index (χ2v) is 9.02.